The van der Waals surface area contributed by atoms with Crippen molar-refractivity contribution in [2.75, 3.05) is 18.9 Å². The van der Waals surface area contributed by atoms with Gasteiger partial charge in [-0.25, -0.2) is 0 Å². The van der Waals surface area contributed by atoms with E-state index in [-0.39, 0.29) is 18.4 Å². The molecule has 7 heteroatoms. The van der Waals surface area contributed by atoms with Gasteiger partial charge in [-0.1, -0.05) is 34.1 Å². The van der Waals surface area contributed by atoms with E-state index >= 15 is 0 Å². The van der Waals surface area contributed by atoms with Crippen LogP contribution < -0.4 is 10.1 Å². The summed E-state index contributed by atoms with van der Waals surface area (Å²) in [5, 5.41) is 2.83. The van der Waals surface area contributed by atoms with Crippen molar-refractivity contribution >= 4 is 39.5 Å². The Morgan fingerprint density at radius 1 is 1.12 bits per heavy atom. The molecule has 2 amide bonds. The highest BCUT2D eigenvalue weighted by molar-refractivity contribution is 9.10. The van der Waals surface area contributed by atoms with E-state index in [0.29, 0.717) is 6.61 Å². The van der Waals surface area contributed by atoms with Gasteiger partial charge in [0.05, 0.1) is 12.2 Å². The highest BCUT2D eigenvalue weighted by Gasteiger charge is 2.12. The van der Waals surface area contributed by atoms with Crippen LogP contribution in [0.15, 0.2) is 77.4 Å². The molecule has 2 aromatic carbocycles. The molecule has 1 aromatic heterocycles. The topological polar surface area (TPSA) is 71.5 Å². The van der Waals surface area contributed by atoms with Crippen molar-refractivity contribution < 1.29 is 14.3 Å². The first-order valence-electron chi connectivity index (χ1n) is 10.0. The van der Waals surface area contributed by atoms with Crippen LogP contribution in [0.4, 0.5) is 5.69 Å². The summed E-state index contributed by atoms with van der Waals surface area (Å²) in [6.45, 7) is 2.26. The summed E-state index contributed by atoms with van der Waals surface area (Å²) in [6.07, 6.45) is 4.88. The van der Waals surface area contributed by atoms with Crippen LogP contribution in [0.5, 0.6) is 5.75 Å². The average Bonchev–Trinajstić information content (AvgIpc) is 2.79. The number of aromatic nitrogens is 1. The van der Waals surface area contributed by atoms with Gasteiger partial charge in [0.25, 0.3) is 0 Å². The number of rotatable bonds is 8. The number of carbonyl (C=O) groups is 2. The zero-order valence-electron chi connectivity index (χ0n) is 17.9. The molecule has 0 saturated carbocycles. The Bertz CT molecular complexity index is 1100. The van der Waals surface area contributed by atoms with E-state index in [0.717, 1.165) is 32.7 Å². The molecule has 6 nitrogen and oxygen atoms in total. The Morgan fingerprint density at radius 3 is 2.59 bits per heavy atom. The molecule has 32 heavy (non-hydrogen) atoms. The van der Waals surface area contributed by atoms with Gasteiger partial charge in [-0.05, 0) is 66.6 Å². The van der Waals surface area contributed by atoms with Gasteiger partial charge >= 0.3 is 0 Å². The highest BCUT2D eigenvalue weighted by Crippen LogP contribution is 2.20. The number of aryl methyl sites for hydroxylation is 1. The van der Waals surface area contributed by atoms with E-state index < -0.39 is 0 Å². The Labute approximate surface area is 196 Å². The van der Waals surface area contributed by atoms with Gasteiger partial charge in [0.15, 0.2) is 0 Å². The number of hydrogen-bond acceptors (Lipinski definition) is 4. The minimum Gasteiger partial charge on any atom is -0.487 e. The van der Waals surface area contributed by atoms with Gasteiger partial charge in [-0.3, -0.25) is 14.6 Å². The summed E-state index contributed by atoms with van der Waals surface area (Å²) >= 11 is 3.40. The summed E-state index contributed by atoms with van der Waals surface area (Å²) in [5.41, 5.74) is 3.37. The SMILES string of the molecule is Cc1cc(Br)ccc1NC(=O)CN(C)C(=O)/C=C/c1ccc(OCc2ccccn2)cc1. The van der Waals surface area contributed by atoms with E-state index in [1.165, 1.54) is 11.0 Å². The van der Waals surface area contributed by atoms with Gasteiger partial charge < -0.3 is 15.0 Å². The summed E-state index contributed by atoms with van der Waals surface area (Å²) in [5.74, 6) is 0.202. The predicted molar refractivity (Wildman–Crippen MR) is 129 cm³/mol. The normalized spacial score (nSPS) is 10.7. The average molecular weight is 494 g/mol. The zero-order valence-corrected chi connectivity index (χ0v) is 19.5. The maximum atomic E-state index is 12.4. The Kier molecular flexibility index (Phi) is 8.16. The molecule has 3 aromatic rings. The molecule has 0 bridgehead atoms. The molecule has 3 rings (SSSR count). The summed E-state index contributed by atoms with van der Waals surface area (Å²) < 4.78 is 6.65. The van der Waals surface area contributed by atoms with Crippen molar-refractivity contribution in [3.8, 4) is 5.75 Å². The quantitative estimate of drug-likeness (QED) is 0.455. The van der Waals surface area contributed by atoms with E-state index in [4.69, 9.17) is 4.74 Å². The minimum absolute atomic E-state index is 0.0427. The molecule has 0 aliphatic carbocycles. The Morgan fingerprint density at radius 2 is 1.91 bits per heavy atom. The van der Waals surface area contributed by atoms with Crippen molar-refractivity contribution in [2.45, 2.75) is 13.5 Å². The number of anilines is 1. The monoisotopic (exact) mass is 493 g/mol. The lowest BCUT2D eigenvalue weighted by Crippen LogP contribution is -2.34. The fourth-order valence-electron chi connectivity index (χ4n) is 2.86. The fourth-order valence-corrected chi connectivity index (χ4v) is 3.34. The largest absolute Gasteiger partial charge is 0.487 e. The lowest BCUT2D eigenvalue weighted by atomic mass is 10.2. The van der Waals surface area contributed by atoms with Gasteiger partial charge in [-0.2, -0.15) is 0 Å². The Balaban J connectivity index is 1.48. The molecule has 0 aliphatic heterocycles. The maximum Gasteiger partial charge on any atom is 0.246 e. The molecule has 164 valence electrons. The molecular weight excluding hydrogens is 470 g/mol. The third-order valence-electron chi connectivity index (χ3n) is 4.63. The zero-order chi connectivity index (χ0) is 22.9. The number of benzene rings is 2. The molecular formula is C25H24BrN3O3. The Hall–Kier alpha value is -3.45. The first-order valence-corrected chi connectivity index (χ1v) is 10.8. The number of likely N-dealkylation sites (N-methyl/N-ethyl adjacent to an activating group) is 1. The molecule has 0 spiro atoms. The first kappa shape index (κ1) is 23.2. The second kappa shape index (κ2) is 11.2. The molecule has 0 unspecified atom stereocenters. The fraction of sp³-hybridized carbons (Fsp3) is 0.160. The van der Waals surface area contributed by atoms with Gasteiger partial charge in [0.2, 0.25) is 11.8 Å². The van der Waals surface area contributed by atoms with Crippen LogP contribution in [0, 0.1) is 6.92 Å². The third-order valence-corrected chi connectivity index (χ3v) is 5.12. The van der Waals surface area contributed by atoms with E-state index in [1.54, 1.807) is 19.3 Å². The molecule has 0 atom stereocenters. The lowest BCUT2D eigenvalue weighted by molar-refractivity contribution is -0.129. The molecule has 1 N–H and O–H groups in total. The van der Waals surface area contributed by atoms with Gasteiger partial charge in [0.1, 0.15) is 12.4 Å². The highest BCUT2D eigenvalue weighted by atomic mass is 79.9. The van der Waals surface area contributed by atoms with Crippen molar-refractivity contribution in [1.82, 2.24) is 9.88 Å². The van der Waals surface area contributed by atoms with Gasteiger partial charge in [0, 0.05) is 29.5 Å². The summed E-state index contributed by atoms with van der Waals surface area (Å²) in [4.78, 5) is 30.2. The van der Waals surface area contributed by atoms with Crippen LogP contribution in [0.2, 0.25) is 0 Å². The summed E-state index contributed by atoms with van der Waals surface area (Å²) in [6, 6.07) is 18.7. The third kappa shape index (κ3) is 7.06. The smallest absolute Gasteiger partial charge is 0.246 e. The number of nitrogens with zero attached hydrogens (tertiary/aromatic N) is 2. The minimum atomic E-state index is -0.261. The van der Waals surface area contributed by atoms with Crippen LogP contribution in [0.3, 0.4) is 0 Å². The number of amides is 2. The van der Waals surface area contributed by atoms with Crippen LogP contribution in [-0.2, 0) is 16.2 Å². The number of hydrogen-bond donors (Lipinski definition) is 1. The number of carbonyl (C=O) groups excluding carboxylic acids is 2. The number of halogens is 1. The molecule has 0 aliphatic rings. The number of nitrogens with one attached hydrogen (secondary N) is 1. The van der Waals surface area contributed by atoms with Crippen LogP contribution >= 0.6 is 15.9 Å². The first-order chi connectivity index (χ1) is 15.4. The van der Waals surface area contributed by atoms with Crippen molar-refractivity contribution in [1.29, 1.82) is 0 Å². The van der Waals surface area contributed by atoms with Crippen molar-refractivity contribution in [2.24, 2.45) is 0 Å². The standard InChI is InChI=1S/C25H24BrN3O3/c1-18-15-20(26)9-12-23(18)28-24(30)16-29(2)25(31)13-8-19-6-10-22(11-7-19)32-17-21-5-3-4-14-27-21/h3-15H,16-17H2,1-2H3,(H,28,30)/b13-8+. The van der Waals surface area contributed by atoms with E-state index in [1.807, 2.05) is 67.6 Å². The van der Waals surface area contributed by atoms with Crippen LogP contribution in [0.25, 0.3) is 6.08 Å². The molecule has 0 fully saturated rings. The van der Waals surface area contributed by atoms with Crippen LogP contribution in [0.1, 0.15) is 16.8 Å². The summed E-state index contributed by atoms with van der Waals surface area (Å²) in [7, 11) is 1.59. The van der Waals surface area contributed by atoms with Crippen molar-refractivity contribution in [3.63, 3.8) is 0 Å². The van der Waals surface area contributed by atoms with Crippen molar-refractivity contribution in [3.05, 3.63) is 94.2 Å². The van der Waals surface area contributed by atoms with Crippen LogP contribution in [-0.4, -0.2) is 35.3 Å². The number of ether oxygens (including phenoxy) is 1. The molecule has 0 saturated heterocycles. The number of pyridine rings is 1. The second-order valence-electron chi connectivity index (χ2n) is 7.21. The van der Waals surface area contributed by atoms with E-state index in [2.05, 4.69) is 26.2 Å². The molecule has 0 radical (unpaired) electrons. The van der Waals surface area contributed by atoms with Gasteiger partial charge in [-0.15, -0.1) is 0 Å². The second-order valence-corrected chi connectivity index (χ2v) is 8.13. The van der Waals surface area contributed by atoms with E-state index in [9.17, 15) is 9.59 Å². The maximum absolute atomic E-state index is 12.4. The molecule has 1 heterocycles. The predicted octanol–water partition coefficient (Wildman–Crippen LogP) is 4.84. The lowest BCUT2D eigenvalue weighted by Gasteiger charge is -2.15.